The number of nitrogens with zero attached hydrogens (tertiary/aromatic N) is 2. The summed E-state index contributed by atoms with van der Waals surface area (Å²) < 4.78 is 11.6. The van der Waals surface area contributed by atoms with E-state index in [1.54, 1.807) is 11.8 Å². The van der Waals surface area contributed by atoms with Gasteiger partial charge in [0.2, 0.25) is 5.91 Å². The monoisotopic (exact) mass is 384 g/mol. The topological polar surface area (TPSA) is 42.0 Å². The van der Waals surface area contributed by atoms with E-state index in [2.05, 4.69) is 17.0 Å². The van der Waals surface area contributed by atoms with Crippen LogP contribution in [0.1, 0.15) is 33.1 Å². The molecule has 2 aromatic rings. The van der Waals surface area contributed by atoms with Gasteiger partial charge in [-0.3, -0.25) is 4.79 Å². The van der Waals surface area contributed by atoms with Crippen molar-refractivity contribution in [3.8, 4) is 11.5 Å². The fraction of sp³-hybridized carbons (Fsp3) is 0.435. The van der Waals surface area contributed by atoms with Crippen LogP contribution in [0.5, 0.6) is 11.5 Å². The van der Waals surface area contributed by atoms with Crippen molar-refractivity contribution in [2.24, 2.45) is 0 Å². The van der Waals surface area contributed by atoms with Crippen LogP contribution in [-0.2, 0) is 4.79 Å². The van der Waals surface area contributed by atoms with Crippen LogP contribution in [0, 0.1) is 0 Å². The molecule has 5 nitrogen and oxygen atoms in total. The van der Waals surface area contributed by atoms with Crippen molar-refractivity contribution in [3.63, 3.8) is 0 Å². The fourth-order valence-corrected chi connectivity index (χ4v) is 2.91. The van der Waals surface area contributed by atoms with Gasteiger partial charge < -0.3 is 19.3 Å². The average molecular weight is 385 g/mol. The Morgan fingerprint density at radius 3 is 1.64 bits per heavy atom. The Labute approximate surface area is 168 Å². The van der Waals surface area contributed by atoms with Crippen LogP contribution in [0.25, 0.3) is 0 Å². The molecule has 0 N–H and O–H groups in total. The maximum atomic E-state index is 11.6. The third-order valence-electron chi connectivity index (χ3n) is 4.52. The molecule has 0 aliphatic heterocycles. The zero-order chi connectivity index (χ0) is 20.4. The fourth-order valence-electron chi connectivity index (χ4n) is 2.91. The molecular formula is C23H32N2O3. The van der Waals surface area contributed by atoms with Crippen LogP contribution < -0.4 is 19.3 Å². The highest BCUT2D eigenvalue weighted by Crippen LogP contribution is 2.20. The Balaban J connectivity index is 1.60. The first kappa shape index (κ1) is 21.6. The summed E-state index contributed by atoms with van der Waals surface area (Å²) in [5, 5.41) is 0. The predicted octanol–water partition coefficient (Wildman–Crippen LogP) is 4.75. The number of carbonyl (C=O) groups excluding carboxylic acids is 1. The molecule has 5 heteroatoms. The van der Waals surface area contributed by atoms with Crippen molar-refractivity contribution >= 4 is 17.3 Å². The minimum atomic E-state index is 0.0482. The molecule has 0 bridgehead atoms. The van der Waals surface area contributed by atoms with Gasteiger partial charge in [-0.2, -0.15) is 0 Å². The van der Waals surface area contributed by atoms with E-state index in [0.717, 1.165) is 36.4 Å². The smallest absolute Gasteiger partial charge is 0.223 e. The van der Waals surface area contributed by atoms with Crippen molar-refractivity contribution in [1.82, 2.24) is 0 Å². The lowest BCUT2D eigenvalue weighted by atomic mass is 10.2. The molecule has 0 fully saturated rings. The van der Waals surface area contributed by atoms with Gasteiger partial charge in [-0.15, -0.1) is 0 Å². The van der Waals surface area contributed by atoms with Gasteiger partial charge in [0, 0.05) is 38.9 Å². The molecule has 0 aromatic heterocycles. The molecule has 1 amide bonds. The van der Waals surface area contributed by atoms with E-state index >= 15 is 0 Å². The lowest BCUT2D eigenvalue weighted by Gasteiger charge is -2.19. The van der Waals surface area contributed by atoms with Crippen molar-refractivity contribution in [2.75, 3.05) is 43.7 Å². The first-order chi connectivity index (χ1) is 13.5. The second-order valence-electron chi connectivity index (χ2n) is 6.90. The molecule has 28 heavy (non-hydrogen) atoms. The zero-order valence-corrected chi connectivity index (χ0v) is 17.5. The van der Waals surface area contributed by atoms with Crippen LogP contribution in [0.4, 0.5) is 11.4 Å². The van der Waals surface area contributed by atoms with Gasteiger partial charge in [0.1, 0.15) is 11.5 Å². The summed E-state index contributed by atoms with van der Waals surface area (Å²) in [4.78, 5) is 15.4. The maximum Gasteiger partial charge on any atom is 0.223 e. The van der Waals surface area contributed by atoms with E-state index in [0.29, 0.717) is 19.8 Å². The highest BCUT2D eigenvalue weighted by atomic mass is 16.5. The number of hydrogen-bond acceptors (Lipinski definition) is 4. The first-order valence-corrected chi connectivity index (χ1v) is 9.92. The second kappa shape index (κ2) is 11.2. The number of anilines is 2. The number of ether oxygens (including phenoxy) is 2. The third kappa shape index (κ3) is 6.80. The van der Waals surface area contributed by atoms with Crippen LogP contribution in [-0.4, -0.2) is 39.8 Å². The average Bonchev–Trinajstić information content (AvgIpc) is 2.69. The SMILES string of the molecule is CCN(C(C)=O)c1ccc(OCCCCCOc2ccc(N(C)C)cc2)cc1. The van der Waals surface area contributed by atoms with Gasteiger partial charge in [-0.05, 0) is 74.7 Å². The Morgan fingerprint density at radius 2 is 1.25 bits per heavy atom. The molecule has 0 atom stereocenters. The summed E-state index contributed by atoms with van der Waals surface area (Å²) in [6.07, 6.45) is 3.04. The van der Waals surface area contributed by atoms with E-state index in [-0.39, 0.29) is 5.91 Å². The molecule has 0 saturated carbocycles. The number of rotatable bonds is 11. The van der Waals surface area contributed by atoms with Crippen molar-refractivity contribution in [1.29, 1.82) is 0 Å². The zero-order valence-electron chi connectivity index (χ0n) is 17.5. The van der Waals surface area contributed by atoms with Gasteiger partial charge in [-0.25, -0.2) is 0 Å². The van der Waals surface area contributed by atoms with E-state index in [9.17, 15) is 4.79 Å². The van der Waals surface area contributed by atoms with Crippen LogP contribution >= 0.6 is 0 Å². The van der Waals surface area contributed by atoms with E-state index in [4.69, 9.17) is 9.47 Å². The van der Waals surface area contributed by atoms with Crippen molar-refractivity contribution in [2.45, 2.75) is 33.1 Å². The van der Waals surface area contributed by atoms with Gasteiger partial charge in [0.05, 0.1) is 13.2 Å². The molecule has 0 aliphatic carbocycles. The lowest BCUT2D eigenvalue weighted by Crippen LogP contribution is -2.27. The number of carbonyl (C=O) groups is 1. The largest absolute Gasteiger partial charge is 0.494 e. The molecular weight excluding hydrogens is 352 g/mol. The summed E-state index contributed by atoms with van der Waals surface area (Å²) in [5.41, 5.74) is 2.07. The molecule has 0 aliphatic rings. The molecule has 0 spiro atoms. The highest BCUT2D eigenvalue weighted by molar-refractivity contribution is 5.91. The second-order valence-corrected chi connectivity index (χ2v) is 6.90. The lowest BCUT2D eigenvalue weighted by molar-refractivity contribution is -0.116. The minimum absolute atomic E-state index is 0.0482. The number of hydrogen-bond donors (Lipinski definition) is 0. The highest BCUT2D eigenvalue weighted by Gasteiger charge is 2.08. The van der Waals surface area contributed by atoms with Gasteiger partial charge >= 0.3 is 0 Å². The first-order valence-electron chi connectivity index (χ1n) is 9.92. The van der Waals surface area contributed by atoms with E-state index in [1.807, 2.05) is 57.4 Å². The number of amides is 1. The number of unbranched alkanes of at least 4 members (excludes halogenated alkanes) is 2. The van der Waals surface area contributed by atoms with Gasteiger partial charge in [-0.1, -0.05) is 0 Å². The van der Waals surface area contributed by atoms with Crippen molar-refractivity contribution < 1.29 is 14.3 Å². The molecule has 2 aromatic carbocycles. The predicted molar refractivity (Wildman–Crippen MR) is 116 cm³/mol. The Bertz CT molecular complexity index is 712. The van der Waals surface area contributed by atoms with E-state index < -0.39 is 0 Å². The van der Waals surface area contributed by atoms with Crippen LogP contribution in [0.3, 0.4) is 0 Å². The normalized spacial score (nSPS) is 10.4. The third-order valence-corrected chi connectivity index (χ3v) is 4.52. The van der Waals surface area contributed by atoms with Gasteiger partial charge in [0.15, 0.2) is 0 Å². The summed E-state index contributed by atoms with van der Waals surface area (Å²) >= 11 is 0. The van der Waals surface area contributed by atoms with Gasteiger partial charge in [0.25, 0.3) is 0 Å². The molecule has 0 saturated heterocycles. The Morgan fingerprint density at radius 1 is 0.786 bits per heavy atom. The summed E-state index contributed by atoms with van der Waals surface area (Å²) in [6.45, 7) is 5.61. The maximum absolute atomic E-state index is 11.6. The number of benzene rings is 2. The minimum Gasteiger partial charge on any atom is -0.494 e. The quantitative estimate of drug-likeness (QED) is 0.524. The molecule has 152 valence electrons. The Kier molecular flexibility index (Phi) is 8.66. The van der Waals surface area contributed by atoms with Crippen molar-refractivity contribution in [3.05, 3.63) is 48.5 Å². The van der Waals surface area contributed by atoms with Crippen LogP contribution in [0.2, 0.25) is 0 Å². The summed E-state index contributed by atoms with van der Waals surface area (Å²) in [5.74, 6) is 1.79. The standard InChI is InChI=1S/C23H32N2O3/c1-5-25(19(2)26)21-11-15-23(16-12-21)28-18-8-6-7-17-27-22-13-9-20(10-14-22)24(3)4/h9-16H,5-8,17-18H2,1-4H3. The molecule has 0 radical (unpaired) electrons. The molecule has 0 unspecified atom stereocenters. The van der Waals surface area contributed by atoms with E-state index in [1.165, 1.54) is 5.69 Å². The summed E-state index contributed by atoms with van der Waals surface area (Å²) in [7, 11) is 4.05. The summed E-state index contributed by atoms with van der Waals surface area (Å²) in [6, 6.07) is 15.8. The molecule has 2 rings (SSSR count). The Hall–Kier alpha value is -2.69. The van der Waals surface area contributed by atoms with Crippen LogP contribution in [0.15, 0.2) is 48.5 Å². The molecule has 0 heterocycles.